The second-order valence-electron chi connectivity index (χ2n) is 3.76. The number of H-pyrrole nitrogens is 1. The van der Waals surface area contributed by atoms with Gasteiger partial charge in [-0.3, -0.25) is 5.10 Å². The second kappa shape index (κ2) is 3.44. The van der Waals surface area contributed by atoms with Gasteiger partial charge in [-0.15, -0.1) is 0 Å². The summed E-state index contributed by atoms with van der Waals surface area (Å²) in [6, 6.07) is 0. The van der Waals surface area contributed by atoms with Crippen LogP contribution in [0.5, 0.6) is 0 Å². The van der Waals surface area contributed by atoms with E-state index in [4.69, 9.17) is 4.74 Å². The zero-order chi connectivity index (χ0) is 10.1. The lowest BCUT2D eigenvalue weighted by Crippen LogP contribution is -2.08. The summed E-state index contributed by atoms with van der Waals surface area (Å²) in [5.74, 6) is 0.298. The van der Waals surface area contributed by atoms with E-state index >= 15 is 0 Å². The van der Waals surface area contributed by atoms with Gasteiger partial charge in [-0.25, -0.2) is 4.79 Å². The Morgan fingerprint density at radius 2 is 2.43 bits per heavy atom. The van der Waals surface area contributed by atoms with E-state index in [0.29, 0.717) is 18.2 Å². The highest BCUT2D eigenvalue weighted by molar-refractivity contribution is 5.89. The topological polar surface area (TPSA) is 55.0 Å². The standard InChI is InChI=1S/C10H14N2O2/c1-3-14-10(13)9-7-4-6(2)5-8(7)11-12-9/h6H,3-5H2,1-2H3,(H,11,12)/t6-/m1/s1. The third-order valence-corrected chi connectivity index (χ3v) is 2.53. The maximum atomic E-state index is 11.5. The van der Waals surface area contributed by atoms with Crippen molar-refractivity contribution in [1.29, 1.82) is 0 Å². The monoisotopic (exact) mass is 194 g/mol. The third kappa shape index (κ3) is 1.41. The molecule has 0 saturated heterocycles. The Labute approximate surface area is 82.7 Å². The van der Waals surface area contributed by atoms with Crippen molar-refractivity contribution in [2.45, 2.75) is 26.7 Å². The van der Waals surface area contributed by atoms with Crippen LogP contribution < -0.4 is 0 Å². The highest BCUT2D eigenvalue weighted by atomic mass is 16.5. The number of hydrogen-bond acceptors (Lipinski definition) is 3. The van der Waals surface area contributed by atoms with Gasteiger partial charge in [-0.05, 0) is 25.7 Å². The molecule has 4 nitrogen and oxygen atoms in total. The van der Waals surface area contributed by atoms with E-state index in [-0.39, 0.29) is 5.97 Å². The molecule has 0 bridgehead atoms. The van der Waals surface area contributed by atoms with Gasteiger partial charge in [-0.2, -0.15) is 5.10 Å². The summed E-state index contributed by atoms with van der Waals surface area (Å²) in [5, 5.41) is 6.90. The van der Waals surface area contributed by atoms with Gasteiger partial charge in [0, 0.05) is 11.3 Å². The van der Waals surface area contributed by atoms with Crippen LogP contribution in [0.4, 0.5) is 0 Å². The van der Waals surface area contributed by atoms with Crippen LogP contribution in [0, 0.1) is 5.92 Å². The molecule has 0 unspecified atom stereocenters. The lowest BCUT2D eigenvalue weighted by Gasteiger charge is -2.00. The fraction of sp³-hybridized carbons (Fsp3) is 0.600. The molecule has 0 aliphatic heterocycles. The molecule has 1 aliphatic carbocycles. The Morgan fingerprint density at radius 1 is 1.64 bits per heavy atom. The summed E-state index contributed by atoms with van der Waals surface area (Å²) in [4.78, 5) is 11.5. The van der Waals surface area contributed by atoms with Crippen LogP contribution in [0.25, 0.3) is 0 Å². The van der Waals surface area contributed by atoms with Gasteiger partial charge in [-0.1, -0.05) is 6.92 Å². The number of nitrogens with zero attached hydrogens (tertiary/aromatic N) is 1. The molecular formula is C10H14N2O2. The normalized spacial score (nSPS) is 19.4. The van der Waals surface area contributed by atoms with Gasteiger partial charge in [0.2, 0.25) is 0 Å². The van der Waals surface area contributed by atoms with E-state index < -0.39 is 0 Å². The first-order valence-corrected chi connectivity index (χ1v) is 4.95. The quantitative estimate of drug-likeness (QED) is 0.722. The number of esters is 1. The van der Waals surface area contributed by atoms with E-state index in [2.05, 4.69) is 17.1 Å². The minimum atomic E-state index is -0.306. The minimum Gasteiger partial charge on any atom is -0.461 e. The van der Waals surface area contributed by atoms with Gasteiger partial charge in [0.25, 0.3) is 0 Å². The summed E-state index contributed by atoms with van der Waals surface area (Å²) in [7, 11) is 0. The van der Waals surface area contributed by atoms with E-state index in [0.717, 1.165) is 24.1 Å². The first-order valence-electron chi connectivity index (χ1n) is 4.95. The van der Waals surface area contributed by atoms with Crippen LogP contribution in [0.1, 0.15) is 35.6 Å². The molecule has 0 aromatic carbocycles. The number of carbonyl (C=O) groups is 1. The van der Waals surface area contributed by atoms with Crippen LogP contribution in [0.2, 0.25) is 0 Å². The second-order valence-corrected chi connectivity index (χ2v) is 3.76. The lowest BCUT2D eigenvalue weighted by molar-refractivity contribution is 0.0518. The Kier molecular flexibility index (Phi) is 2.27. The van der Waals surface area contributed by atoms with Crippen molar-refractivity contribution >= 4 is 5.97 Å². The van der Waals surface area contributed by atoms with E-state index in [1.54, 1.807) is 6.92 Å². The molecule has 1 heterocycles. The molecule has 0 amide bonds. The van der Waals surface area contributed by atoms with Crippen molar-refractivity contribution in [3.63, 3.8) is 0 Å². The third-order valence-electron chi connectivity index (χ3n) is 2.53. The molecule has 4 heteroatoms. The molecule has 0 saturated carbocycles. The van der Waals surface area contributed by atoms with E-state index in [1.165, 1.54) is 0 Å². The highest BCUT2D eigenvalue weighted by Crippen LogP contribution is 2.27. The van der Waals surface area contributed by atoms with Crippen molar-refractivity contribution in [1.82, 2.24) is 10.2 Å². The number of aromatic nitrogens is 2. The van der Waals surface area contributed by atoms with Crippen LogP contribution in [-0.4, -0.2) is 22.8 Å². The summed E-state index contributed by atoms with van der Waals surface area (Å²) in [5.41, 5.74) is 2.63. The van der Waals surface area contributed by atoms with Gasteiger partial charge in [0.15, 0.2) is 5.69 Å². The first-order chi connectivity index (χ1) is 6.72. The van der Waals surface area contributed by atoms with E-state index in [1.807, 2.05) is 0 Å². The molecule has 0 radical (unpaired) electrons. The van der Waals surface area contributed by atoms with Gasteiger partial charge >= 0.3 is 5.97 Å². The summed E-state index contributed by atoms with van der Waals surface area (Å²) in [6.07, 6.45) is 1.92. The summed E-state index contributed by atoms with van der Waals surface area (Å²) in [6.45, 7) is 4.37. The molecular weight excluding hydrogens is 180 g/mol. The van der Waals surface area contributed by atoms with Crippen molar-refractivity contribution in [3.8, 4) is 0 Å². The SMILES string of the molecule is CCOC(=O)c1n[nH]c2c1C[C@@H](C)C2. The molecule has 1 N–H and O–H groups in total. The van der Waals surface area contributed by atoms with Gasteiger partial charge in [0.1, 0.15) is 0 Å². The summed E-state index contributed by atoms with van der Waals surface area (Å²) >= 11 is 0. The van der Waals surface area contributed by atoms with Crippen LogP contribution in [0.15, 0.2) is 0 Å². The van der Waals surface area contributed by atoms with Gasteiger partial charge in [0.05, 0.1) is 6.61 Å². The number of carbonyl (C=O) groups excluding carboxylic acids is 1. The number of aromatic amines is 1. The Balaban J connectivity index is 2.25. The minimum absolute atomic E-state index is 0.306. The molecule has 0 fully saturated rings. The predicted molar refractivity (Wildman–Crippen MR) is 51.1 cm³/mol. The average molecular weight is 194 g/mol. The van der Waals surface area contributed by atoms with Gasteiger partial charge < -0.3 is 4.74 Å². The van der Waals surface area contributed by atoms with Crippen LogP contribution in [-0.2, 0) is 17.6 Å². The summed E-state index contributed by atoms with van der Waals surface area (Å²) < 4.78 is 4.93. The molecule has 0 spiro atoms. The highest BCUT2D eigenvalue weighted by Gasteiger charge is 2.27. The maximum Gasteiger partial charge on any atom is 0.359 e. The molecule has 1 aromatic heterocycles. The smallest absolute Gasteiger partial charge is 0.359 e. The van der Waals surface area contributed by atoms with Crippen LogP contribution >= 0.6 is 0 Å². The largest absolute Gasteiger partial charge is 0.461 e. The number of nitrogens with one attached hydrogen (secondary N) is 1. The van der Waals surface area contributed by atoms with Crippen molar-refractivity contribution in [2.24, 2.45) is 5.92 Å². The average Bonchev–Trinajstić information content (AvgIpc) is 2.62. The number of fused-ring (bicyclic) bond motifs is 1. The van der Waals surface area contributed by atoms with E-state index in [9.17, 15) is 4.79 Å². The maximum absolute atomic E-state index is 11.5. The molecule has 1 aliphatic rings. The van der Waals surface area contributed by atoms with Crippen molar-refractivity contribution < 1.29 is 9.53 Å². The number of ether oxygens (including phenoxy) is 1. The molecule has 1 aromatic rings. The van der Waals surface area contributed by atoms with Crippen LogP contribution in [0.3, 0.4) is 0 Å². The predicted octanol–water partition coefficient (Wildman–Crippen LogP) is 1.32. The fourth-order valence-electron chi connectivity index (χ4n) is 1.93. The molecule has 14 heavy (non-hydrogen) atoms. The zero-order valence-corrected chi connectivity index (χ0v) is 8.46. The Bertz CT molecular complexity index is 357. The first kappa shape index (κ1) is 9.24. The van der Waals surface area contributed by atoms with Crippen molar-refractivity contribution in [3.05, 3.63) is 17.0 Å². The Morgan fingerprint density at radius 3 is 3.14 bits per heavy atom. The number of rotatable bonds is 2. The zero-order valence-electron chi connectivity index (χ0n) is 8.46. The Hall–Kier alpha value is -1.32. The molecule has 1 atom stereocenters. The van der Waals surface area contributed by atoms with Crippen molar-refractivity contribution in [2.75, 3.05) is 6.61 Å². The molecule has 2 rings (SSSR count). The fourth-order valence-corrected chi connectivity index (χ4v) is 1.93. The lowest BCUT2D eigenvalue weighted by atomic mass is 10.1. The molecule has 76 valence electrons. The number of hydrogen-bond donors (Lipinski definition) is 1.